The zero-order valence-corrected chi connectivity index (χ0v) is 52.9. The van der Waals surface area contributed by atoms with Crippen LogP contribution >= 0.6 is 38.4 Å². The number of nitrogens with two attached hydrogens (primary N) is 2. The van der Waals surface area contributed by atoms with Crippen LogP contribution in [0.15, 0.2) is 73.3 Å². The third-order valence-corrected chi connectivity index (χ3v) is 22.4. The number of nitrogens with zero attached hydrogens (tertiary/aromatic N) is 8. The average Bonchev–Trinajstić information content (AvgIpc) is 1.87. The molecule has 3 fully saturated rings. The number of halogens is 2. The monoisotopic (exact) mass is 1250 g/mol. The van der Waals surface area contributed by atoms with Crippen LogP contribution in [0.25, 0.3) is 22.3 Å². The fourth-order valence-corrected chi connectivity index (χ4v) is 13.2. The predicted molar refractivity (Wildman–Crippen MR) is 323 cm³/mol. The van der Waals surface area contributed by atoms with Crippen LogP contribution in [0.5, 0.6) is 0 Å². The van der Waals surface area contributed by atoms with Crippen molar-refractivity contribution in [3.63, 3.8) is 0 Å². The minimum atomic E-state index is -3.32. The molecule has 6 aromatic rings. The number of nitrogen functional groups attached to an aromatic ring is 2. The Hall–Kier alpha value is -4.04. The van der Waals surface area contributed by atoms with Gasteiger partial charge in [-0.15, -0.1) is 0 Å². The molecule has 10 atom stereocenters. The molecule has 3 saturated heterocycles. The summed E-state index contributed by atoms with van der Waals surface area (Å²) in [6, 6.07) is 19.6. The van der Waals surface area contributed by atoms with Gasteiger partial charge < -0.3 is 62.8 Å². The van der Waals surface area contributed by atoms with Gasteiger partial charge in [-0.05, 0) is 79.2 Å². The Morgan fingerprint density at radius 2 is 1.12 bits per heavy atom. The Balaban J connectivity index is 0.000000246. The van der Waals surface area contributed by atoms with E-state index in [-0.39, 0.29) is 74.3 Å². The molecule has 0 aliphatic carbocycles. The van der Waals surface area contributed by atoms with Crippen molar-refractivity contribution in [2.45, 2.75) is 137 Å². The number of aromatic nitrogens is 8. The smallest absolute Gasteiger partial charge is 0.327 e. The first-order valence-corrected chi connectivity index (χ1v) is 34.9. The quantitative estimate of drug-likeness (QED) is 0.0323. The van der Waals surface area contributed by atoms with Crippen LogP contribution in [0.1, 0.15) is 92.3 Å². The van der Waals surface area contributed by atoms with Gasteiger partial charge in [-0.3, -0.25) is 18.3 Å². The number of imidazole rings is 2. The maximum Gasteiger partial charge on any atom is 0.327 e. The van der Waals surface area contributed by atoms with E-state index in [2.05, 4.69) is 70.7 Å². The van der Waals surface area contributed by atoms with Gasteiger partial charge in [0.25, 0.3) is 0 Å². The number of rotatable bonds is 22. The van der Waals surface area contributed by atoms with E-state index in [0.717, 1.165) is 24.3 Å². The van der Waals surface area contributed by atoms with E-state index in [1.807, 2.05) is 67.6 Å². The molecule has 83 heavy (non-hydrogen) atoms. The Morgan fingerprint density at radius 1 is 0.699 bits per heavy atom. The summed E-state index contributed by atoms with van der Waals surface area (Å²) in [4.78, 5) is 25.5. The van der Waals surface area contributed by atoms with Crippen LogP contribution in [0.2, 0.25) is 28.7 Å². The van der Waals surface area contributed by atoms with Crippen molar-refractivity contribution in [1.29, 1.82) is 0 Å². The molecule has 2 aromatic carbocycles. The summed E-state index contributed by atoms with van der Waals surface area (Å²) >= 11 is 12.3. The van der Waals surface area contributed by atoms with Crippen LogP contribution in [0.4, 0.5) is 11.6 Å². The second kappa shape index (κ2) is 29.1. The molecule has 5 N–H and O–H groups in total. The van der Waals surface area contributed by atoms with E-state index in [9.17, 15) is 14.2 Å². The average molecular weight is 1250 g/mol. The summed E-state index contributed by atoms with van der Waals surface area (Å²) < 4.78 is 88.2. The first-order chi connectivity index (χ1) is 38.7. The van der Waals surface area contributed by atoms with Crippen LogP contribution < -0.4 is 11.5 Å². The molecule has 7 heterocycles. The summed E-state index contributed by atoms with van der Waals surface area (Å²) in [5.41, 5.74) is 13.9. The molecule has 28 heteroatoms. The maximum atomic E-state index is 13.0. The van der Waals surface area contributed by atoms with Crippen LogP contribution in [0, 0.1) is 10.8 Å². The molecule has 0 saturated carbocycles. The predicted octanol–water partition coefficient (Wildman–Crippen LogP) is 11.3. The van der Waals surface area contributed by atoms with E-state index in [1.54, 1.807) is 29.3 Å². The van der Waals surface area contributed by atoms with Crippen LogP contribution in [-0.2, 0) is 68.5 Å². The lowest BCUT2D eigenvalue weighted by atomic mass is 9.83. The van der Waals surface area contributed by atoms with Gasteiger partial charge in [0.15, 0.2) is 31.2 Å². The van der Waals surface area contributed by atoms with Crippen LogP contribution in [-0.4, -0.2) is 143 Å². The molecule has 0 spiro atoms. The summed E-state index contributed by atoms with van der Waals surface area (Å²) in [5, 5.41) is 11.2. The minimum absolute atomic E-state index is 0. The normalized spacial score (nSPS) is 25.0. The van der Waals surface area contributed by atoms with Gasteiger partial charge in [0, 0.05) is 26.5 Å². The Kier molecular flexibility index (Phi) is 23.9. The largest absolute Gasteiger partial charge is 0.410 e. The fourth-order valence-electron chi connectivity index (χ4n) is 9.52. The van der Waals surface area contributed by atoms with Gasteiger partial charge in [-0.1, -0.05) is 103 Å². The van der Waals surface area contributed by atoms with E-state index in [1.165, 1.54) is 32.5 Å². The molecule has 4 unspecified atom stereocenters. The highest BCUT2D eigenvalue weighted by Crippen LogP contribution is 2.54. The van der Waals surface area contributed by atoms with Crippen molar-refractivity contribution in [2.75, 3.05) is 77.7 Å². The standard InChI is InChI=1S/C28H43ClN5O6PSi.C22H29ClN5O6P.C4H8O.CH4/c1-9-37-41(6,35)38-16-20-22(40-42(7,8)27(2,3)4)28(5,17-36-15-19-13-11-10-12-14-19)25(39-20)34-18-31-21-23(30)32-26(29)33-24(21)34;1-4-32-35(3,30)33-11-15-17(29)22(2,12-31-10-14-8-6-5-7-9-14)20(34-15)28-13-25-16-18(24)26-21(23)27-19(16)28;1-2-4-5-3-1;/h10-14,18,20,22,25H,9,15-17H2,1-8H3,(H2,30,32,33);5-9,13,15,17,20,29H,4,10-12H2,1-3H3,(H2,24,26,27);1-4H2;1H4/t20-,22?,25-,28+,41?;15-,17?,20-,22+,35?;;/m11../s1. The Labute approximate surface area is 498 Å². The second-order valence-electron chi connectivity index (χ2n) is 22.5. The summed E-state index contributed by atoms with van der Waals surface area (Å²) in [7, 11) is -8.98. The van der Waals surface area contributed by atoms with E-state index < -0.39 is 71.2 Å². The number of fused-ring (bicyclic) bond motifs is 2. The lowest BCUT2D eigenvalue weighted by Gasteiger charge is -2.44. The van der Waals surface area contributed by atoms with Gasteiger partial charge in [0.05, 0.1) is 88.5 Å². The number of anilines is 2. The minimum Gasteiger partial charge on any atom is -0.410 e. The van der Waals surface area contributed by atoms with Crippen molar-refractivity contribution in [2.24, 2.45) is 10.8 Å². The van der Waals surface area contributed by atoms with Crippen molar-refractivity contribution < 1.29 is 60.4 Å². The van der Waals surface area contributed by atoms with Gasteiger partial charge >= 0.3 is 15.2 Å². The molecule has 0 radical (unpaired) electrons. The number of hydrogen-bond acceptors (Lipinski definition) is 21. The van der Waals surface area contributed by atoms with Crippen molar-refractivity contribution in [1.82, 2.24) is 39.0 Å². The molecule has 9 rings (SSSR count). The SMILES string of the molecule is C.C1CCOC1.CCOP(C)(=O)OC[C@H]1O[C@@H](n2cnc3c(N)nc(Cl)nc32)[C@@](C)(COCc2ccccc2)C1O.CCOP(C)(=O)OC[C@H]1O[C@@H](n2cnc3c(N)nc(Cl)nc32)[C@@](C)(COCc2ccccc2)C1O[Si](C)(C)C(C)(C)C. The third-order valence-electron chi connectivity index (χ3n) is 14.9. The topological polar surface area (TPSA) is 286 Å². The molecular formula is C55H84Cl2N10O13P2Si. The van der Waals surface area contributed by atoms with Gasteiger partial charge in [-0.25, -0.2) is 9.97 Å². The summed E-state index contributed by atoms with van der Waals surface area (Å²) in [6.07, 6.45) is 1.23. The third kappa shape index (κ3) is 16.9. The Morgan fingerprint density at radius 3 is 1.54 bits per heavy atom. The molecular weight excluding hydrogens is 1170 g/mol. The van der Waals surface area contributed by atoms with Crippen LogP contribution in [0.3, 0.4) is 0 Å². The molecule has 460 valence electrons. The molecule has 3 aliphatic heterocycles. The van der Waals surface area contributed by atoms with Crippen molar-refractivity contribution in [3.05, 3.63) is 95.0 Å². The fraction of sp³-hybridized carbons (Fsp3) is 0.600. The lowest BCUT2D eigenvalue weighted by Crippen LogP contribution is -2.52. The highest BCUT2D eigenvalue weighted by molar-refractivity contribution is 7.53. The lowest BCUT2D eigenvalue weighted by molar-refractivity contribution is -0.0736. The van der Waals surface area contributed by atoms with E-state index in [0.29, 0.717) is 35.5 Å². The molecule has 23 nitrogen and oxygen atoms in total. The maximum absolute atomic E-state index is 13.0. The number of aliphatic hydroxyl groups excluding tert-OH is 1. The van der Waals surface area contributed by atoms with E-state index >= 15 is 0 Å². The summed E-state index contributed by atoms with van der Waals surface area (Å²) in [6.45, 7) is 24.6. The van der Waals surface area contributed by atoms with Gasteiger partial charge in [0.2, 0.25) is 10.6 Å². The van der Waals surface area contributed by atoms with Gasteiger partial charge in [-0.2, -0.15) is 19.9 Å². The zero-order valence-electron chi connectivity index (χ0n) is 48.6. The van der Waals surface area contributed by atoms with Gasteiger partial charge in [0.1, 0.15) is 35.7 Å². The molecule has 0 bridgehead atoms. The van der Waals surface area contributed by atoms with E-state index in [4.69, 9.17) is 80.9 Å². The van der Waals surface area contributed by atoms with Crippen molar-refractivity contribution >= 4 is 80.7 Å². The number of ether oxygens (including phenoxy) is 5. The first-order valence-electron chi connectivity index (χ1n) is 27.2. The second-order valence-corrected chi connectivity index (χ2v) is 32.0. The molecule has 0 amide bonds. The number of aliphatic hydroxyl groups is 1. The Bertz CT molecular complexity index is 3120. The molecule has 3 aliphatic rings. The first kappa shape index (κ1) is 68.1. The van der Waals surface area contributed by atoms with Crippen molar-refractivity contribution in [3.8, 4) is 0 Å². The zero-order chi connectivity index (χ0) is 59.7. The molecule has 4 aromatic heterocycles. The number of benzene rings is 2. The highest BCUT2D eigenvalue weighted by atomic mass is 35.5. The highest BCUT2D eigenvalue weighted by Gasteiger charge is 2.59. The number of hydrogen-bond donors (Lipinski definition) is 3. The summed E-state index contributed by atoms with van der Waals surface area (Å²) in [5.74, 6) is 0.296.